The summed E-state index contributed by atoms with van der Waals surface area (Å²) in [5, 5.41) is 11.0. The molecular weight excluding hydrogens is 254 g/mol. The fraction of sp³-hybridized carbons (Fsp3) is 0.375. The highest BCUT2D eigenvalue weighted by molar-refractivity contribution is 5.83. The summed E-state index contributed by atoms with van der Waals surface area (Å²) in [7, 11) is 0. The van der Waals surface area contributed by atoms with Crippen molar-refractivity contribution in [3.63, 3.8) is 0 Å². The first-order valence-corrected chi connectivity index (χ1v) is 6.82. The molecule has 0 aliphatic rings. The molecule has 4 heteroatoms. The highest BCUT2D eigenvalue weighted by Crippen LogP contribution is 2.25. The van der Waals surface area contributed by atoms with Crippen molar-refractivity contribution in [1.29, 1.82) is 0 Å². The number of aryl methyl sites for hydroxylation is 1. The molecule has 1 heterocycles. The molecule has 0 saturated heterocycles. The van der Waals surface area contributed by atoms with Crippen molar-refractivity contribution in [2.45, 2.75) is 39.2 Å². The van der Waals surface area contributed by atoms with Crippen LogP contribution in [0.2, 0.25) is 0 Å². The van der Waals surface area contributed by atoms with Crippen LogP contribution in [0.25, 0.3) is 10.8 Å². The number of carbonyl (C=O) groups is 1. The number of pyridine rings is 1. The molecule has 4 nitrogen and oxygen atoms in total. The second-order valence-electron chi connectivity index (χ2n) is 5.13. The minimum atomic E-state index is -1.17. The molecule has 1 N–H and O–H groups in total. The van der Waals surface area contributed by atoms with Gasteiger partial charge in [0.15, 0.2) is 0 Å². The largest absolute Gasteiger partial charge is 0.479 e. The van der Waals surface area contributed by atoms with E-state index in [-0.39, 0.29) is 5.56 Å². The Morgan fingerprint density at radius 1 is 1.25 bits per heavy atom. The maximum atomic E-state index is 12.6. The van der Waals surface area contributed by atoms with E-state index in [2.05, 4.69) is 0 Å². The standard InChI is InChI=1S/C16H19NO3/c1-4-16(5-2,15(19)20)17-9-8-12-10-11(3)6-7-13(12)14(17)18/h6-10H,4-5H2,1-3H3,(H,19,20). The van der Waals surface area contributed by atoms with E-state index in [0.717, 1.165) is 10.9 Å². The van der Waals surface area contributed by atoms with Crippen molar-refractivity contribution < 1.29 is 9.90 Å². The van der Waals surface area contributed by atoms with E-state index in [1.807, 2.05) is 25.1 Å². The molecule has 0 aliphatic heterocycles. The molecule has 0 atom stereocenters. The Kier molecular flexibility index (Phi) is 3.66. The number of carboxylic acids is 1. The average molecular weight is 273 g/mol. The van der Waals surface area contributed by atoms with Crippen LogP contribution in [0.4, 0.5) is 0 Å². The van der Waals surface area contributed by atoms with E-state index in [1.54, 1.807) is 26.1 Å². The Labute approximate surface area is 117 Å². The predicted octanol–water partition coefficient (Wildman–Crippen LogP) is 2.91. The summed E-state index contributed by atoms with van der Waals surface area (Å²) in [6.07, 6.45) is 2.34. The van der Waals surface area contributed by atoms with Crippen LogP contribution in [-0.2, 0) is 10.3 Å². The number of hydrogen-bond acceptors (Lipinski definition) is 2. The summed E-state index contributed by atoms with van der Waals surface area (Å²) in [6, 6.07) is 7.38. The van der Waals surface area contributed by atoms with Gasteiger partial charge in [-0.05, 0) is 37.3 Å². The van der Waals surface area contributed by atoms with Crippen molar-refractivity contribution in [2.75, 3.05) is 0 Å². The Morgan fingerprint density at radius 3 is 2.45 bits per heavy atom. The zero-order valence-electron chi connectivity index (χ0n) is 12.0. The number of carboxylic acid groups (broad SMARTS) is 1. The van der Waals surface area contributed by atoms with Crippen molar-refractivity contribution in [1.82, 2.24) is 4.57 Å². The van der Waals surface area contributed by atoms with Crippen LogP contribution in [-0.4, -0.2) is 15.6 Å². The summed E-state index contributed by atoms with van der Waals surface area (Å²) in [5.41, 5.74) is -0.338. The van der Waals surface area contributed by atoms with Gasteiger partial charge in [0, 0.05) is 11.6 Å². The minimum Gasteiger partial charge on any atom is -0.479 e. The minimum absolute atomic E-state index is 0.242. The average Bonchev–Trinajstić information content (AvgIpc) is 2.42. The van der Waals surface area contributed by atoms with Gasteiger partial charge in [-0.25, -0.2) is 4.79 Å². The summed E-state index contributed by atoms with van der Waals surface area (Å²) >= 11 is 0. The van der Waals surface area contributed by atoms with Crippen LogP contribution < -0.4 is 5.56 Å². The van der Waals surface area contributed by atoms with Gasteiger partial charge in [0.2, 0.25) is 0 Å². The molecule has 1 aromatic carbocycles. The fourth-order valence-corrected chi connectivity index (χ4v) is 2.70. The molecule has 0 aliphatic carbocycles. The molecule has 0 spiro atoms. The summed E-state index contributed by atoms with van der Waals surface area (Å²) in [4.78, 5) is 24.3. The number of rotatable bonds is 4. The molecule has 2 aromatic rings. The third kappa shape index (κ3) is 2.01. The summed E-state index contributed by atoms with van der Waals surface area (Å²) in [6.45, 7) is 5.55. The van der Waals surface area contributed by atoms with Gasteiger partial charge in [0.25, 0.3) is 5.56 Å². The molecule has 0 unspecified atom stereocenters. The Balaban J connectivity index is 2.79. The van der Waals surface area contributed by atoms with E-state index in [0.29, 0.717) is 18.2 Å². The smallest absolute Gasteiger partial charge is 0.329 e. The topological polar surface area (TPSA) is 59.3 Å². The highest BCUT2D eigenvalue weighted by atomic mass is 16.4. The second kappa shape index (κ2) is 5.12. The quantitative estimate of drug-likeness (QED) is 0.931. The van der Waals surface area contributed by atoms with E-state index in [9.17, 15) is 14.7 Å². The number of fused-ring (bicyclic) bond motifs is 1. The lowest BCUT2D eigenvalue weighted by Gasteiger charge is -2.29. The Bertz CT molecular complexity index is 711. The van der Waals surface area contributed by atoms with Crippen LogP contribution in [0.15, 0.2) is 35.3 Å². The molecule has 0 radical (unpaired) electrons. The van der Waals surface area contributed by atoms with Crippen LogP contribution >= 0.6 is 0 Å². The normalized spacial score (nSPS) is 11.8. The fourth-order valence-electron chi connectivity index (χ4n) is 2.70. The van der Waals surface area contributed by atoms with Gasteiger partial charge < -0.3 is 5.11 Å². The molecule has 1 aromatic heterocycles. The van der Waals surface area contributed by atoms with Crippen molar-refractivity contribution in [3.8, 4) is 0 Å². The molecule has 2 rings (SSSR count). The van der Waals surface area contributed by atoms with Crippen molar-refractivity contribution in [2.24, 2.45) is 0 Å². The number of nitrogens with zero attached hydrogens (tertiary/aromatic N) is 1. The van der Waals surface area contributed by atoms with Crippen molar-refractivity contribution >= 4 is 16.7 Å². The first kappa shape index (κ1) is 14.3. The lowest BCUT2D eigenvalue weighted by molar-refractivity contribution is -0.148. The van der Waals surface area contributed by atoms with Gasteiger partial charge >= 0.3 is 5.97 Å². The van der Waals surface area contributed by atoms with Crippen LogP contribution in [0.3, 0.4) is 0 Å². The van der Waals surface area contributed by atoms with Crippen LogP contribution in [0, 0.1) is 6.92 Å². The van der Waals surface area contributed by atoms with Crippen LogP contribution in [0.5, 0.6) is 0 Å². The van der Waals surface area contributed by atoms with E-state index >= 15 is 0 Å². The van der Waals surface area contributed by atoms with Gasteiger partial charge in [-0.1, -0.05) is 31.5 Å². The number of benzene rings is 1. The Hall–Kier alpha value is -2.10. The van der Waals surface area contributed by atoms with Crippen LogP contribution in [0.1, 0.15) is 32.3 Å². The molecule has 0 amide bonds. The van der Waals surface area contributed by atoms with Gasteiger partial charge in [0.05, 0.1) is 0 Å². The SMILES string of the molecule is CCC(CC)(C(=O)O)n1ccc2cc(C)ccc2c1=O. The summed E-state index contributed by atoms with van der Waals surface area (Å²) < 4.78 is 1.37. The first-order chi connectivity index (χ1) is 9.46. The highest BCUT2D eigenvalue weighted by Gasteiger charge is 2.37. The van der Waals surface area contributed by atoms with Gasteiger partial charge in [0.1, 0.15) is 5.54 Å². The lowest BCUT2D eigenvalue weighted by atomic mass is 9.92. The summed E-state index contributed by atoms with van der Waals surface area (Å²) in [5.74, 6) is -0.962. The third-order valence-corrected chi connectivity index (χ3v) is 4.09. The zero-order chi connectivity index (χ0) is 14.9. The first-order valence-electron chi connectivity index (χ1n) is 6.82. The number of hydrogen-bond donors (Lipinski definition) is 1. The maximum absolute atomic E-state index is 12.6. The molecule has 20 heavy (non-hydrogen) atoms. The molecular formula is C16H19NO3. The molecule has 0 saturated carbocycles. The van der Waals surface area contributed by atoms with Gasteiger partial charge in [-0.15, -0.1) is 0 Å². The molecule has 0 bridgehead atoms. The predicted molar refractivity (Wildman–Crippen MR) is 79.1 cm³/mol. The van der Waals surface area contributed by atoms with E-state index in [1.165, 1.54) is 4.57 Å². The maximum Gasteiger partial charge on any atom is 0.329 e. The van der Waals surface area contributed by atoms with E-state index < -0.39 is 11.5 Å². The van der Waals surface area contributed by atoms with Gasteiger partial charge in [-0.2, -0.15) is 0 Å². The monoisotopic (exact) mass is 273 g/mol. The van der Waals surface area contributed by atoms with Crippen molar-refractivity contribution in [3.05, 3.63) is 46.4 Å². The number of aromatic nitrogens is 1. The second-order valence-corrected chi connectivity index (χ2v) is 5.13. The zero-order valence-corrected chi connectivity index (χ0v) is 12.0. The number of aliphatic carboxylic acids is 1. The molecule has 106 valence electrons. The Morgan fingerprint density at radius 2 is 1.90 bits per heavy atom. The van der Waals surface area contributed by atoms with Gasteiger partial charge in [-0.3, -0.25) is 9.36 Å². The molecule has 0 fully saturated rings. The third-order valence-electron chi connectivity index (χ3n) is 4.09. The lowest BCUT2D eigenvalue weighted by Crippen LogP contribution is -2.46. The van der Waals surface area contributed by atoms with E-state index in [4.69, 9.17) is 0 Å².